The van der Waals surface area contributed by atoms with Crippen LogP contribution in [0.3, 0.4) is 0 Å². The molecule has 0 bridgehead atoms. The number of morpholine rings is 1. The SMILES string of the molecule is CCOc1cc(N2CCOCC2)c(OCC)cc1NC(=O)c1cc(Cl)ccc1NS(=O)(=O)c1ccc(Cl)cc1. The van der Waals surface area contributed by atoms with Crippen LogP contribution in [-0.4, -0.2) is 53.8 Å². The Morgan fingerprint density at radius 1 is 0.897 bits per heavy atom. The summed E-state index contributed by atoms with van der Waals surface area (Å²) >= 11 is 12.1. The molecular weight excluding hydrogens is 565 g/mol. The molecule has 0 saturated carbocycles. The topological polar surface area (TPSA) is 106 Å². The first-order chi connectivity index (χ1) is 18.7. The lowest BCUT2D eigenvalue weighted by Gasteiger charge is -2.31. The largest absolute Gasteiger partial charge is 0.492 e. The summed E-state index contributed by atoms with van der Waals surface area (Å²) < 4.78 is 45.7. The van der Waals surface area contributed by atoms with Crippen molar-refractivity contribution in [2.45, 2.75) is 18.7 Å². The maximum absolute atomic E-state index is 13.5. The van der Waals surface area contributed by atoms with Gasteiger partial charge in [-0.3, -0.25) is 9.52 Å². The van der Waals surface area contributed by atoms with Gasteiger partial charge in [-0.05, 0) is 56.3 Å². The summed E-state index contributed by atoms with van der Waals surface area (Å²) in [5, 5.41) is 3.50. The van der Waals surface area contributed by atoms with Gasteiger partial charge >= 0.3 is 0 Å². The Labute approximate surface area is 238 Å². The van der Waals surface area contributed by atoms with Crippen LogP contribution in [0.15, 0.2) is 59.5 Å². The number of anilines is 3. The first-order valence-electron chi connectivity index (χ1n) is 12.4. The van der Waals surface area contributed by atoms with Crippen LogP contribution in [0, 0.1) is 0 Å². The molecular formula is C27H29Cl2N3O6S. The lowest BCUT2D eigenvalue weighted by Crippen LogP contribution is -2.36. The second kappa shape index (κ2) is 12.8. The number of rotatable bonds is 10. The van der Waals surface area contributed by atoms with Crippen molar-refractivity contribution in [3.63, 3.8) is 0 Å². The van der Waals surface area contributed by atoms with E-state index in [-0.39, 0.29) is 21.2 Å². The van der Waals surface area contributed by atoms with Crippen molar-refractivity contribution in [3.05, 3.63) is 70.2 Å². The minimum absolute atomic E-state index is 0.00750. The van der Waals surface area contributed by atoms with Crippen molar-refractivity contribution in [1.82, 2.24) is 0 Å². The van der Waals surface area contributed by atoms with Crippen LogP contribution in [0.4, 0.5) is 17.1 Å². The van der Waals surface area contributed by atoms with Gasteiger partial charge < -0.3 is 24.4 Å². The molecule has 1 aliphatic heterocycles. The molecule has 0 aliphatic carbocycles. The maximum atomic E-state index is 13.5. The van der Waals surface area contributed by atoms with E-state index in [0.29, 0.717) is 61.7 Å². The standard InChI is InChI=1S/C27H29Cl2N3O6S/c1-3-37-25-17-24(32-11-13-36-14-12-32)26(38-4-2)16-23(25)30-27(33)21-15-19(29)7-10-22(21)31-39(34,35)20-8-5-18(28)6-9-20/h5-10,15-17,31H,3-4,11-14H2,1-2H3,(H,30,33). The number of carbonyl (C=O) groups excluding carboxylic acids is 1. The van der Waals surface area contributed by atoms with Crippen molar-refractivity contribution in [2.24, 2.45) is 0 Å². The molecule has 12 heteroatoms. The van der Waals surface area contributed by atoms with Crippen LogP contribution in [0.2, 0.25) is 10.0 Å². The molecule has 3 aromatic rings. The van der Waals surface area contributed by atoms with E-state index >= 15 is 0 Å². The zero-order valence-electron chi connectivity index (χ0n) is 21.5. The summed E-state index contributed by atoms with van der Waals surface area (Å²) in [5.74, 6) is 0.433. The van der Waals surface area contributed by atoms with Crippen LogP contribution >= 0.6 is 23.2 Å². The summed E-state index contributed by atoms with van der Waals surface area (Å²) in [5.41, 5.74) is 1.28. The Hall–Kier alpha value is -3.18. The van der Waals surface area contributed by atoms with Gasteiger partial charge in [-0.1, -0.05) is 23.2 Å². The Morgan fingerprint density at radius 2 is 1.54 bits per heavy atom. The highest BCUT2D eigenvalue weighted by Crippen LogP contribution is 2.40. The van der Waals surface area contributed by atoms with Gasteiger partial charge in [0.15, 0.2) is 0 Å². The van der Waals surface area contributed by atoms with E-state index in [4.69, 9.17) is 37.4 Å². The van der Waals surface area contributed by atoms with E-state index < -0.39 is 15.9 Å². The van der Waals surface area contributed by atoms with Crippen LogP contribution in [0.1, 0.15) is 24.2 Å². The molecule has 39 heavy (non-hydrogen) atoms. The quantitative estimate of drug-likeness (QED) is 0.311. The molecule has 1 aliphatic rings. The monoisotopic (exact) mass is 593 g/mol. The van der Waals surface area contributed by atoms with E-state index in [0.717, 1.165) is 5.69 Å². The van der Waals surface area contributed by atoms with Gasteiger partial charge in [-0.2, -0.15) is 0 Å². The third-order valence-electron chi connectivity index (χ3n) is 5.86. The zero-order valence-corrected chi connectivity index (χ0v) is 23.8. The minimum atomic E-state index is -4.01. The van der Waals surface area contributed by atoms with Gasteiger partial charge in [0, 0.05) is 35.3 Å². The summed E-state index contributed by atoms with van der Waals surface area (Å²) in [6.45, 7) is 7.08. The normalized spacial score (nSPS) is 13.6. The predicted octanol–water partition coefficient (Wildman–Crippen LogP) is 5.68. The van der Waals surface area contributed by atoms with E-state index in [1.165, 1.54) is 42.5 Å². The predicted molar refractivity (Wildman–Crippen MR) is 153 cm³/mol. The number of benzene rings is 3. The molecule has 4 rings (SSSR count). The number of nitrogens with one attached hydrogen (secondary N) is 2. The van der Waals surface area contributed by atoms with E-state index in [2.05, 4.69) is 14.9 Å². The fourth-order valence-corrected chi connectivity index (χ4v) is 5.42. The van der Waals surface area contributed by atoms with Crippen LogP contribution < -0.4 is 24.4 Å². The number of hydrogen-bond acceptors (Lipinski definition) is 7. The first kappa shape index (κ1) is 28.8. The highest BCUT2D eigenvalue weighted by atomic mass is 35.5. The Morgan fingerprint density at radius 3 is 2.21 bits per heavy atom. The second-order valence-electron chi connectivity index (χ2n) is 8.48. The molecule has 0 radical (unpaired) electrons. The first-order valence-corrected chi connectivity index (χ1v) is 14.6. The minimum Gasteiger partial charge on any atom is -0.492 e. The summed E-state index contributed by atoms with van der Waals surface area (Å²) in [6, 6.07) is 13.5. The highest BCUT2D eigenvalue weighted by Gasteiger charge is 2.23. The van der Waals surface area contributed by atoms with Crippen LogP contribution in [0.25, 0.3) is 0 Å². The number of amides is 1. The zero-order chi connectivity index (χ0) is 28.0. The Kier molecular flexibility index (Phi) is 9.45. The Balaban J connectivity index is 1.67. The van der Waals surface area contributed by atoms with Crippen molar-refractivity contribution in [2.75, 3.05) is 54.5 Å². The molecule has 1 fully saturated rings. The molecule has 1 heterocycles. The lowest BCUT2D eigenvalue weighted by molar-refractivity contribution is 0.102. The molecule has 9 nitrogen and oxygen atoms in total. The van der Waals surface area contributed by atoms with Gasteiger partial charge in [0.2, 0.25) is 0 Å². The number of ether oxygens (including phenoxy) is 3. The van der Waals surface area contributed by atoms with Crippen LogP contribution in [-0.2, 0) is 14.8 Å². The van der Waals surface area contributed by atoms with Crippen LogP contribution in [0.5, 0.6) is 11.5 Å². The molecule has 1 amide bonds. The third kappa shape index (κ3) is 7.07. The molecule has 1 saturated heterocycles. The van der Waals surface area contributed by atoms with Crippen molar-refractivity contribution < 1.29 is 27.4 Å². The van der Waals surface area contributed by atoms with Crippen molar-refractivity contribution in [3.8, 4) is 11.5 Å². The number of carbonyl (C=O) groups is 1. The average molecular weight is 595 g/mol. The third-order valence-corrected chi connectivity index (χ3v) is 7.72. The summed E-state index contributed by atoms with van der Waals surface area (Å²) in [6.07, 6.45) is 0. The van der Waals surface area contributed by atoms with Gasteiger partial charge in [0.25, 0.3) is 15.9 Å². The van der Waals surface area contributed by atoms with E-state index in [9.17, 15) is 13.2 Å². The fraction of sp³-hybridized carbons (Fsp3) is 0.296. The van der Waals surface area contributed by atoms with E-state index in [1.807, 2.05) is 19.9 Å². The number of sulfonamides is 1. The van der Waals surface area contributed by atoms with Gasteiger partial charge in [-0.15, -0.1) is 0 Å². The average Bonchev–Trinajstić information content (AvgIpc) is 2.92. The van der Waals surface area contributed by atoms with Crippen molar-refractivity contribution >= 4 is 56.2 Å². The van der Waals surface area contributed by atoms with Crippen molar-refractivity contribution in [1.29, 1.82) is 0 Å². The number of hydrogen-bond donors (Lipinski definition) is 2. The maximum Gasteiger partial charge on any atom is 0.261 e. The molecule has 0 atom stereocenters. The molecule has 0 aromatic heterocycles. The second-order valence-corrected chi connectivity index (χ2v) is 11.0. The fourth-order valence-electron chi connectivity index (χ4n) is 4.04. The van der Waals surface area contributed by atoms with Gasteiger partial charge in [0.05, 0.1) is 53.9 Å². The van der Waals surface area contributed by atoms with Gasteiger partial charge in [-0.25, -0.2) is 8.42 Å². The molecule has 2 N–H and O–H groups in total. The highest BCUT2D eigenvalue weighted by molar-refractivity contribution is 7.92. The molecule has 0 unspecified atom stereocenters. The smallest absolute Gasteiger partial charge is 0.261 e. The summed E-state index contributed by atoms with van der Waals surface area (Å²) in [7, 11) is -4.01. The molecule has 0 spiro atoms. The van der Waals surface area contributed by atoms with Gasteiger partial charge in [0.1, 0.15) is 11.5 Å². The molecule has 208 valence electrons. The van der Waals surface area contributed by atoms with E-state index in [1.54, 1.807) is 6.07 Å². The summed E-state index contributed by atoms with van der Waals surface area (Å²) in [4.78, 5) is 15.7. The lowest BCUT2D eigenvalue weighted by atomic mass is 10.1. The molecule has 3 aromatic carbocycles. The number of nitrogens with zero attached hydrogens (tertiary/aromatic N) is 1. The Bertz CT molecular complexity index is 1430. The number of halogens is 2.